The minimum atomic E-state index is 0.588. The number of hydrogen-bond acceptors (Lipinski definition) is 7. The summed E-state index contributed by atoms with van der Waals surface area (Å²) in [6.07, 6.45) is 0. The highest BCUT2D eigenvalue weighted by molar-refractivity contribution is 6.27. The van der Waals surface area contributed by atoms with E-state index < -0.39 is 0 Å². The van der Waals surface area contributed by atoms with Gasteiger partial charge in [0.2, 0.25) is 0 Å². The number of aromatic nitrogens is 6. The fourth-order valence-corrected chi connectivity index (χ4v) is 7.65. The van der Waals surface area contributed by atoms with Crippen LogP contribution in [0.4, 0.5) is 0 Å². The molecule has 0 fully saturated rings. The molecule has 0 radical (unpaired) electrons. The molecule has 11 aromatic rings. The maximum Gasteiger partial charge on any atom is 0.164 e. The van der Waals surface area contributed by atoms with E-state index in [0.29, 0.717) is 34.9 Å². The highest BCUT2D eigenvalue weighted by atomic mass is 16.3. The molecule has 3 heterocycles. The fraction of sp³-hybridized carbons (Fsp3) is 0. The predicted molar refractivity (Wildman–Crippen MR) is 228 cm³/mol. The summed E-state index contributed by atoms with van der Waals surface area (Å²) in [5.74, 6) is 3.67. The van der Waals surface area contributed by atoms with Crippen LogP contribution in [0.5, 0.6) is 0 Å². The van der Waals surface area contributed by atoms with Gasteiger partial charge in [-0.2, -0.15) is 0 Å². The highest BCUT2D eigenvalue weighted by Gasteiger charge is 2.19. The van der Waals surface area contributed by atoms with Crippen molar-refractivity contribution < 1.29 is 4.42 Å². The Morgan fingerprint density at radius 1 is 0.281 bits per heavy atom. The minimum Gasteiger partial charge on any atom is -0.456 e. The lowest BCUT2D eigenvalue weighted by atomic mass is 9.94. The van der Waals surface area contributed by atoms with Gasteiger partial charge in [-0.3, -0.25) is 0 Å². The Labute approximate surface area is 327 Å². The topological polar surface area (TPSA) is 90.5 Å². The summed E-state index contributed by atoms with van der Waals surface area (Å²) in [6.45, 7) is 0. The zero-order valence-corrected chi connectivity index (χ0v) is 30.4. The van der Waals surface area contributed by atoms with Gasteiger partial charge in [-0.25, -0.2) is 29.9 Å². The Bertz CT molecular complexity index is 3160. The van der Waals surface area contributed by atoms with Gasteiger partial charge in [0.15, 0.2) is 34.9 Å². The van der Waals surface area contributed by atoms with Crippen molar-refractivity contribution in [1.29, 1.82) is 0 Å². The molecule has 0 N–H and O–H groups in total. The molecule has 57 heavy (non-hydrogen) atoms. The average Bonchev–Trinajstić information content (AvgIpc) is 3.68. The molecule has 0 aliphatic heterocycles. The van der Waals surface area contributed by atoms with E-state index >= 15 is 0 Å². The van der Waals surface area contributed by atoms with E-state index in [1.54, 1.807) is 0 Å². The van der Waals surface area contributed by atoms with Crippen LogP contribution in [0, 0.1) is 0 Å². The molecule has 3 aromatic heterocycles. The first-order valence-electron chi connectivity index (χ1n) is 18.8. The molecule has 7 heteroatoms. The first-order valence-corrected chi connectivity index (χ1v) is 18.8. The number of hydrogen-bond donors (Lipinski definition) is 0. The molecule has 0 atom stereocenters. The largest absolute Gasteiger partial charge is 0.456 e. The number of furan rings is 1. The zero-order chi connectivity index (χ0) is 37.7. The fourth-order valence-electron chi connectivity index (χ4n) is 7.65. The van der Waals surface area contributed by atoms with Gasteiger partial charge in [-0.15, -0.1) is 0 Å². The van der Waals surface area contributed by atoms with Gasteiger partial charge in [0, 0.05) is 49.5 Å². The van der Waals surface area contributed by atoms with Crippen molar-refractivity contribution in [2.45, 2.75) is 0 Å². The van der Waals surface area contributed by atoms with Crippen LogP contribution < -0.4 is 0 Å². The maximum atomic E-state index is 6.54. The molecule has 0 bridgehead atoms. The van der Waals surface area contributed by atoms with Gasteiger partial charge in [-0.05, 0) is 40.4 Å². The highest BCUT2D eigenvalue weighted by Crippen LogP contribution is 2.41. The molecule has 0 saturated carbocycles. The first kappa shape index (κ1) is 32.5. The average molecular weight is 731 g/mol. The number of benzene rings is 8. The SMILES string of the molecule is c1ccc(-c2nc(-c3ccccc3)nc(-c3ccc4oc5ccc6ccc7c(-c8nc(-c9ccccc9)nc(-c9ccccc9)n8)cccc7c6c5c4c3)n2)cc1. The standard InChI is InChI=1S/C50H30N6O/c1-5-14-32(15-6-1)45-51-46(33-16-7-2-8-17-33)54-49(53-45)36-26-28-41-40(30-36)44-42(57-41)29-25-31-24-27-37-38(43(31)44)22-13-23-39(37)50-55-47(34-18-9-3-10-19-34)52-48(56-50)35-20-11-4-12-21-35/h1-30H. The van der Waals surface area contributed by atoms with Crippen molar-refractivity contribution in [2.75, 3.05) is 0 Å². The van der Waals surface area contributed by atoms with E-state index in [-0.39, 0.29) is 0 Å². The first-order chi connectivity index (χ1) is 28.2. The van der Waals surface area contributed by atoms with Crippen molar-refractivity contribution in [3.05, 3.63) is 182 Å². The summed E-state index contributed by atoms with van der Waals surface area (Å²) in [5, 5.41) is 6.30. The summed E-state index contributed by atoms with van der Waals surface area (Å²) in [7, 11) is 0. The van der Waals surface area contributed by atoms with Gasteiger partial charge in [0.05, 0.1) is 0 Å². The third-order valence-corrected chi connectivity index (χ3v) is 10.4. The zero-order valence-electron chi connectivity index (χ0n) is 30.4. The number of fused-ring (bicyclic) bond motifs is 7. The summed E-state index contributed by atoms with van der Waals surface area (Å²) in [4.78, 5) is 30.0. The van der Waals surface area contributed by atoms with E-state index in [9.17, 15) is 0 Å². The predicted octanol–water partition coefficient (Wildman–Crippen LogP) is 12.3. The summed E-state index contributed by atoms with van der Waals surface area (Å²) >= 11 is 0. The molecule has 266 valence electrons. The molecule has 7 nitrogen and oxygen atoms in total. The second kappa shape index (κ2) is 13.4. The Kier molecular flexibility index (Phi) is 7.67. The number of nitrogens with zero attached hydrogens (tertiary/aromatic N) is 6. The summed E-state index contributed by atoms with van der Waals surface area (Å²) in [5.41, 5.74) is 7.07. The van der Waals surface area contributed by atoms with E-state index in [1.807, 2.05) is 133 Å². The summed E-state index contributed by atoms with van der Waals surface area (Å²) in [6, 6.07) is 61.2. The van der Waals surface area contributed by atoms with Crippen molar-refractivity contribution in [1.82, 2.24) is 29.9 Å². The van der Waals surface area contributed by atoms with Crippen LogP contribution in [0.2, 0.25) is 0 Å². The molecule has 0 aliphatic rings. The van der Waals surface area contributed by atoms with Crippen LogP contribution in [0.1, 0.15) is 0 Å². The van der Waals surface area contributed by atoms with Crippen LogP contribution in [0.25, 0.3) is 112 Å². The van der Waals surface area contributed by atoms with Gasteiger partial charge in [0.1, 0.15) is 11.2 Å². The number of rotatable bonds is 6. The normalized spacial score (nSPS) is 11.5. The second-order valence-corrected chi connectivity index (χ2v) is 13.9. The van der Waals surface area contributed by atoms with E-state index in [1.165, 1.54) is 0 Å². The molecule has 0 aliphatic carbocycles. The van der Waals surface area contributed by atoms with Gasteiger partial charge in [0.25, 0.3) is 0 Å². The Morgan fingerprint density at radius 3 is 1.26 bits per heavy atom. The van der Waals surface area contributed by atoms with Gasteiger partial charge in [-0.1, -0.05) is 158 Å². The van der Waals surface area contributed by atoms with E-state index in [0.717, 1.165) is 76.9 Å². The molecular formula is C50H30N6O. The molecule has 11 rings (SSSR count). The second-order valence-electron chi connectivity index (χ2n) is 13.9. The Balaban J connectivity index is 1.12. The minimum absolute atomic E-state index is 0.588. The third kappa shape index (κ3) is 5.77. The van der Waals surface area contributed by atoms with Crippen molar-refractivity contribution >= 4 is 43.5 Å². The molecule has 0 amide bonds. The van der Waals surface area contributed by atoms with Gasteiger partial charge >= 0.3 is 0 Å². The lowest BCUT2D eigenvalue weighted by Gasteiger charge is -2.12. The van der Waals surface area contributed by atoms with Crippen LogP contribution in [0.15, 0.2) is 186 Å². The summed E-state index contributed by atoms with van der Waals surface area (Å²) < 4.78 is 6.54. The van der Waals surface area contributed by atoms with Gasteiger partial charge < -0.3 is 4.42 Å². The molecule has 0 saturated heterocycles. The molecule has 0 spiro atoms. The van der Waals surface area contributed by atoms with Crippen molar-refractivity contribution in [3.8, 4) is 68.3 Å². The van der Waals surface area contributed by atoms with Crippen LogP contribution in [-0.2, 0) is 0 Å². The van der Waals surface area contributed by atoms with Crippen molar-refractivity contribution in [2.24, 2.45) is 0 Å². The quantitative estimate of drug-likeness (QED) is 0.157. The Morgan fingerprint density at radius 2 is 0.737 bits per heavy atom. The monoisotopic (exact) mass is 730 g/mol. The molecule has 0 unspecified atom stereocenters. The third-order valence-electron chi connectivity index (χ3n) is 10.4. The smallest absolute Gasteiger partial charge is 0.164 e. The Hall–Kier alpha value is -7.90. The van der Waals surface area contributed by atoms with Crippen LogP contribution >= 0.6 is 0 Å². The van der Waals surface area contributed by atoms with Crippen molar-refractivity contribution in [3.63, 3.8) is 0 Å². The molecular weight excluding hydrogens is 701 g/mol. The van der Waals surface area contributed by atoms with E-state index in [4.69, 9.17) is 34.3 Å². The van der Waals surface area contributed by atoms with Crippen LogP contribution in [-0.4, -0.2) is 29.9 Å². The lowest BCUT2D eigenvalue weighted by molar-refractivity contribution is 0.669. The van der Waals surface area contributed by atoms with Crippen LogP contribution in [0.3, 0.4) is 0 Å². The van der Waals surface area contributed by atoms with E-state index in [2.05, 4.69) is 48.5 Å². The maximum absolute atomic E-state index is 6.54. The molecule has 8 aromatic carbocycles. The lowest BCUT2D eigenvalue weighted by Crippen LogP contribution is -2.00.